The SMILES string of the molecule is CN(C(=O)OC(C)(C)C)C(=O)c1ccc(-c2ccsc2)c(COc2ccc(-c3nc4cc(-c5nn[nH]n5)ccc4n3C3CCCCC3)cc2)c1. The molecule has 1 saturated carbocycles. The largest absolute Gasteiger partial charge is 0.489 e. The second-order valence-corrected chi connectivity index (χ2v) is 14.4. The van der Waals surface area contributed by atoms with Crippen molar-refractivity contribution in [1.29, 1.82) is 0 Å². The highest BCUT2D eigenvalue weighted by molar-refractivity contribution is 7.08. The first-order chi connectivity index (χ1) is 24.1. The minimum Gasteiger partial charge on any atom is -0.489 e. The molecule has 256 valence electrons. The van der Waals surface area contributed by atoms with Crippen molar-refractivity contribution in [2.45, 2.75) is 71.1 Å². The van der Waals surface area contributed by atoms with Gasteiger partial charge in [0.15, 0.2) is 0 Å². The van der Waals surface area contributed by atoms with Gasteiger partial charge in [0.2, 0.25) is 5.82 Å². The van der Waals surface area contributed by atoms with E-state index in [1.807, 2.05) is 53.9 Å². The second kappa shape index (κ2) is 13.9. The number of carbonyl (C=O) groups is 2. The van der Waals surface area contributed by atoms with Crippen molar-refractivity contribution in [3.63, 3.8) is 0 Å². The Kier molecular flexibility index (Phi) is 9.20. The molecule has 1 aliphatic carbocycles. The van der Waals surface area contributed by atoms with E-state index >= 15 is 0 Å². The highest BCUT2D eigenvalue weighted by Gasteiger charge is 2.26. The minimum atomic E-state index is -0.717. The summed E-state index contributed by atoms with van der Waals surface area (Å²) in [6.45, 7) is 5.52. The number of imide groups is 1. The first-order valence-electron chi connectivity index (χ1n) is 16.8. The lowest BCUT2D eigenvalue weighted by Crippen LogP contribution is -2.38. The van der Waals surface area contributed by atoms with E-state index in [0.29, 0.717) is 23.2 Å². The summed E-state index contributed by atoms with van der Waals surface area (Å²) in [5, 5.41) is 18.6. The quantitative estimate of drug-likeness (QED) is 0.168. The zero-order valence-corrected chi connectivity index (χ0v) is 29.4. The fourth-order valence-electron chi connectivity index (χ4n) is 6.45. The van der Waals surface area contributed by atoms with Crippen LogP contribution in [0.25, 0.3) is 44.9 Å². The highest BCUT2D eigenvalue weighted by Crippen LogP contribution is 2.37. The number of thiophene rings is 1. The average molecular weight is 690 g/mol. The molecule has 3 heterocycles. The molecule has 0 saturated heterocycles. The zero-order valence-electron chi connectivity index (χ0n) is 28.6. The molecule has 2 amide bonds. The Morgan fingerprint density at radius 3 is 2.44 bits per heavy atom. The number of carbonyl (C=O) groups excluding carboxylic acids is 2. The van der Waals surface area contributed by atoms with Gasteiger partial charge in [-0.25, -0.2) is 14.7 Å². The first kappa shape index (κ1) is 33.2. The van der Waals surface area contributed by atoms with Crippen LogP contribution in [0.15, 0.2) is 77.5 Å². The highest BCUT2D eigenvalue weighted by atomic mass is 32.1. The molecule has 0 aliphatic heterocycles. The molecular formula is C38H39N7O4S. The molecule has 0 radical (unpaired) electrons. The summed E-state index contributed by atoms with van der Waals surface area (Å²) < 4.78 is 14.1. The lowest BCUT2D eigenvalue weighted by atomic mass is 9.95. The van der Waals surface area contributed by atoms with Gasteiger partial charge in [0, 0.05) is 29.8 Å². The number of rotatable bonds is 8. The van der Waals surface area contributed by atoms with Crippen LogP contribution >= 0.6 is 11.3 Å². The van der Waals surface area contributed by atoms with Crippen LogP contribution in [-0.2, 0) is 11.3 Å². The second-order valence-electron chi connectivity index (χ2n) is 13.6. The zero-order chi connectivity index (χ0) is 34.8. The lowest BCUT2D eigenvalue weighted by Gasteiger charge is -2.25. The molecule has 0 bridgehead atoms. The van der Waals surface area contributed by atoms with Crippen LogP contribution in [0, 0.1) is 0 Å². The Morgan fingerprint density at radius 1 is 0.960 bits per heavy atom. The summed E-state index contributed by atoms with van der Waals surface area (Å²) in [6, 6.07) is 22.0. The van der Waals surface area contributed by atoms with Gasteiger partial charge in [-0.05, 0) is 127 Å². The number of aromatic nitrogens is 6. The van der Waals surface area contributed by atoms with E-state index in [1.165, 1.54) is 26.3 Å². The predicted octanol–water partition coefficient (Wildman–Crippen LogP) is 8.70. The Morgan fingerprint density at radius 2 is 1.74 bits per heavy atom. The molecule has 3 aromatic carbocycles. The molecule has 50 heavy (non-hydrogen) atoms. The number of hydrogen-bond donors (Lipinski definition) is 1. The van der Waals surface area contributed by atoms with Gasteiger partial charge in [-0.3, -0.25) is 4.79 Å². The Balaban J connectivity index is 1.15. The third kappa shape index (κ3) is 7.02. The predicted molar refractivity (Wildman–Crippen MR) is 193 cm³/mol. The molecule has 12 heteroatoms. The third-order valence-electron chi connectivity index (χ3n) is 8.90. The van der Waals surface area contributed by atoms with Crippen LogP contribution in [-0.4, -0.2) is 59.7 Å². The summed E-state index contributed by atoms with van der Waals surface area (Å²) in [6.07, 6.45) is 5.20. The Labute approximate surface area is 294 Å². The normalized spacial score (nSPS) is 13.8. The van der Waals surface area contributed by atoms with Gasteiger partial charge in [0.1, 0.15) is 23.8 Å². The lowest BCUT2D eigenvalue weighted by molar-refractivity contribution is 0.0284. The Hall–Kier alpha value is -5.36. The molecule has 6 aromatic rings. The monoisotopic (exact) mass is 689 g/mol. The van der Waals surface area contributed by atoms with Gasteiger partial charge in [0.25, 0.3) is 5.91 Å². The van der Waals surface area contributed by atoms with Crippen molar-refractivity contribution in [3.8, 4) is 39.7 Å². The van der Waals surface area contributed by atoms with E-state index in [2.05, 4.69) is 36.6 Å². The van der Waals surface area contributed by atoms with Gasteiger partial charge in [-0.15, -0.1) is 10.2 Å². The minimum absolute atomic E-state index is 0.223. The summed E-state index contributed by atoms with van der Waals surface area (Å²) in [4.78, 5) is 32.1. The maximum atomic E-state index is 13.3. The molecule has 3 aromatic heterocycles. The molecule has 0 spiro atoms. The van der Waals surface area contributed by atoms with Gasteiger partial charge in [-0.2, -0.15) is 16.6 Å². The number of tetrazole rings is 1. The number of benzene rings is 3. The fraction of sp³-hybridized carbons (Fsp3) is 0.316. The van der Waals surface area contributed by atoms with E-state index in [-0.39, 0.29) is 6.61 Å². The van der Waals surface area contributed by atoms with Crippen molar-refractivity contribution in [3.05, 3.63) is 88.6 Å². The van der Waals surface area contributed by atoms with Gasteiger partial charge in [-0.1, -0.05) is 25.3 Å². The number of nitrogens with one attached hydrogen (secondary N) is 1. The topological polar surface area (TPSA) is 128 Å². The van der Waals surface area contributed by atoms with Crippen molar-refractivity contribution in [2.75, 3.05) is 7.05 Å². The Bertz CT molecular complexity index is 2110. The fourth-order valence-corrected chi connectivity index (χ4v) is 7.10. The summed E-state index contributed by atoms with van der Waals surface area (Å²) >= 11 is 1.60. The molecular weight excluding hydrogens is 651 g/mol. The van der Waals surface area contributed by atoms with Crippen molar-refractivity contribution in [1.82, 2.24) is 35.1 Å². The van der Waals surface area contributed by atoms with Crippen molar-refractivity contribution in [2.24, 2.45) is 0 Å². The van der Waals surface area contributed by atoms with E-state index < -0.39 is 17.6 Å². The number of amides is 2. The molecule has 7 rings (SSSR count). The average Bonchev–Trinajstić information content (AvgIpc) is 3.92. The van der Waals surface area contributed by atoms with Crippen molar-refractivity contribution < 1.29 is 19.1 Å². The number of fused-ring (bicyclic) bond motifs is 1. The van der Waals surface area contributed by atoms with Crippen molar-refractivity contribution >= 4 is 34.4 Å². The van der Waals surface area contributed by atoms with E-state index in [9.17, 15) is 9.59 Å². The third-order valence-corrected chi connectivity index (χ3v) is 9.58. The molecule has 0 unspecified atom stereocenters. The van der Waals surface area contributed by atoms with Crippen LogP contribution in [0.2, 0.25) is 0 Å². The summed E-state index contributed by atoms with van der Waals surface area (Å²) in [5.74, 6) is 1.69. The standard InChI is InChI=1S/C38H39N7O4S/c1-38(2,3)49-37(47)44(4)36(46)26-12-16-31(27-18-19-50-23-27)28(20-26)22-48-30-14-10-24(11-15-30)35-39-32-21-25(34-40-42-43-41-34)13-17-33(32)45(35)29-8-6-5-7-9-29/h10-21,23,29H,5-9,22H2,1-4H3,(H,40,41,42,43). The summed E-state index contributed by atoms with van der Waals surface area (Å²) in [5.41, 5.74) is 6.31. The number of H-pyrrole nitrogens is 1. The number of ether oxygens (including phenoxy) is 2. The number of aromatic amines is 1. The maximum absolute atomic E-state index is 13.3. The van der Waals surface area contributed by atoms with Crippen LogP contribution < -0.4 is 4.74 Å². The first-order valence-corrected chi connectivity index (χ1v) is 17.7. The van der Waals surface area contributed by atoms with E-state index in [0.717, 1.165) is 62.4 Å². The van der Waals surface area contributed by atoms with Crippen LogP contribution in [0.1, 0.15) is 74.8 Å². The van der Waals surface area contributed by atoms with Crippen LogP contribution in [0.4, 0.5) is 4.79 Å². The van der Waals surface area contributed by atoms with E-state index in [1.54, 1.807) is 44.2 Å². The van der Waals surface area contributed by atoms with E-state index in [4.69, 9.17) is 14.5 Å². The smallest absolute Gasteiger partial charge is 0.417 e. The molecule has 1 fully saturated rings. The number of nitrogens with zero attached hydrogens (tertiary/aromatic N) is 6. The molecule has 11 nitrogen and oxygen atoms in total. The van der Waals surface area contributed by atoms with Gasteiger partial charge >= 0.3 is 6.09 Å². The van der Waals surface area contributed by atoms with Gasteiger partial charge in [0.05, 0.1) is 11.0 Å². The summed E-state index contributed by atoms with van der Waals surface area (Å²) in [7, 11) is 1.43. The van der Waals surface area contributed by atoms with Crippen LogP contribution in [0.3, 0.4) is 0 Å². The number of imidazole rings is 1. The molecule has 0 atom stereocenters. The number of hydrogen-bond acceptors (Lipinski definition) is 9. The maximum Gasteiger partial charge on any atom is 0.417 e. The molecule has 1 N–H and O–H groups in total. The van der Waals surface area contributed by atoms with Crippen LogP contribution in [0.5, 0.6) is 5.75 Å². The van der Waals surface area contributed by atoms with Gasteiger partial charge < -0.3 is 14.0 Å². The molecule has 1 aliphatic rings.